The van der Waals surface area contributed by atoms with Crippen LogP contribution in [0.25, 0.3) is 0 Å². The Morgan fingerprint density at radius 2 is 2.00 bits per heavy atom. The van der Waals surface area contributed by atoms with Crippen molar-refractivity contribution in [2.75, 3.05) is 13.6 Å². The molecule has 15 heavy (non-hydrogen) atoms. The molecule has 0 aliphatic heterocycles. The van der Waals surface area contributed by atoms with Gasteiger partial charge in [-0.25, -0.2) is 0 Å². The van der Waals surface area contributed by atoms with E-state index in [9.17, 15) is 0 Å². The van der Waals surface area contributed by atoms with E-state index in [-0.39, 0.29) is 0 Å². The summed E-state index contributed by atoms with van der Waals surface area (Å²) < 4.78 is 0. The summed E-state index contributed by atoms with van der Waals surface area (Å²) in [5.74, 6) is 0. The van der Waals surface area contributed by atoms with Crippen molar-refractivity contribution < 1.29 is 0 Å². The van der Waals surface area contributed by atoms with Gasteiger partial charge in [-0.15, -0.1) is 0 Å². The largest absolute Gasteiger partial charge is 0.303 e. The second kappa shape index (κ2) is 5.92. The van der Waals surface area contributed by atoms with Gasteiger partial charge in [-0.3, -0.25) is 0 Å². The topological polar surface area (TPSA) is 3.24 Å². The van der Waals surface area contributed by atoms with Crippen molar-refractivity contribution in [2.24, 2.45) is 0 Å². The highest BCUT2D eigenvalue weighted by atomic mass is 15.1. The highest BCUT2D eigenvalue weighted by molar-refractivity contribution is 5.22. The zero-order valence-corrected chi connectivity index (χ0v) is 10.5. The molecule has 0 radical (unpaired) electrons. The van der Waals surface area contributed by atoms with Gasteiger partial charge in [0.05, 0.1) is 0 Å². The summed E-state index contributed by atoms with van der Waals surface area (Å²) in [4.78, 5) is 2.43. The molecule has 0 aliphatic carbocycles. The van der Waals surface area contributed by atoms with Gasteiger partial charge in [0.1, 0.15) is 0 Å². The first-order valence-electron chi connectivity index (χ1n) is 5.93. The molecule has 1 heteroatoms. The lowest BCUT2D eigenvalue weighted by Gasteiger charge is -2.25. The van der Waals surface area contributed by atoms with Crippen LogP contribution in [0.3, 0.4) is 0 Å². The van der Waals surface area contributed by atoms with Gasteiger partial charge in [0.2, 0.25) is 0 Å². The van der Waals surface area contributed by atoms with Crippen LogP contribution in [0.1, 0.15) is 31.4 Å². The van der Waals surface area contributed by atoms with Crippen LogP contribution in [0.4, 0.5) is 0 Å². The minimum absolute atomic E-state index is 0.678. The Bertz CT molecular complexity index is 293. The number of likely N-dealkylation sites (N-methyl/N-ethyl adjacent to an activating group) is 1. The Balaban J connectivity index is 2.66. The highest BCUT2D eigenvalue weighted by Crippen LogP contribution is 2.12. The normalized spacial score (nSPS) is 13.1. The van der Waals surface area contributed by atoms with Gasteiger partial charge in [0, 0.05) is 6.04 Å². The molecule has 0 saturated heterocycles. The molecular weight excluding hydrogens is 182 g/mol. The van der Waals surface area contributed by atoms with E-state index in [1.54, 1.807) is 0 Å². The predicted octanol–water partition coefficient (Wildman–Crippen LogP) is 3.27. The molecule has 0 amide bonds. The third-order valence-corrected chi connectivity index (χ3v) is 3.15. The van der Waals surface area contributed by atoms with Crippen LogP contribution >= 0.6 is 0 Å². The Kier molecular flexibility index (Phi) is 4.83. The van der Waals surface area contributed by atoms with Gasteiger partial charge in [-0.05, 0) is 38.9 Å². The van der Waals surface area contributed by atoms with Crippen molar-refractivity contribution in [2.45, 2.75) is 39.7 Å². The van der Waals surface area contributed by atoms with Crippen LogP contribution in [0.2, 0.25) is 0 Å². The highest BCUT2D eigenvalue weighted by Gasteiger charge is 2.11. The number of hydrogen-bond donors (Lipinski definition) is 0. The summed E-state index contributed by atoms with van der Waals surface area (Å²) in [7, 11) is 2.21. The van der Waals surface area contributed by atoms with Crippen molar-refractivity contribution >= 4 is 0 Å². The minimum Gasteiger partial charge on any atom is -0.303 e. The Labute approximate surface area is 94.1 Å². The molecular formula is C14H23N. The minimum atomic E-state index is 0.678. The maximum atomic E-state index is 2.43. The van der Waals surface area contributed by atoms with Crippen molar-refractivity contribution in [1.82, 2.24) is 4.90 Å². The fourth-order valence-corrected chi connectivity index (χ4v) is 1.98. The van der Waals surface area contributed by atoms with E-state index in [0.717, 1.165) is 6.54 Å². The van der Waals surface area contributed by atoms with E-state index >= 15 is 0 Å². The van der Waals surface area contributed by atoms with Crippen molar-refractivity contribution in [3.05, 3.63) is 35.4 Å². The molecule has 0 N–H and O–H groups in total. The van der Waals surface area contributed by atoms with E-state index < -0.39 is 0 Å². The first kappa shape index (κ1) is 12.3. The molecule has 0 aliphatic rings. The standard InChI is InChI=1S/C14H23N/c1-5-14(15(4)6-2)11-13-9-7-8-12(3)10-13/h7-10,14H,5-6,11H2,1-4H3. The molecule has 0 bridgehead atoms. The van der Waals surface area contributed by atoms with Crippen molar-refractivity contribution in [3.63, 3.8) is 0 Å². The number of rotatable bonds is 5. The zero-order chi connectivity index (χ0) is 11.3. The lowest BCUT2D eigenvalue weighted by molar-refractivity contribution is 0.246. The van der Waals surface area contributed by atoms with E-state index in [1.165, 1.54) is 24.0 Å². The summed E-state index contributed by atoms with van der Waals surface area (Å²) in [6, 6.07) is 9.53. The fourth-order valence-electron chi connectivity index (χ4n) is 1.98. The molecule has 0 aromatic heterocycles. The summed E-state index contributed by atoms with van der Waals surface area (Å²) in [5, 5.41) is 0. The molecule has 1 unspecified atom stereocenters. The summed E-state index contributed by atoms with van der Waals surface area (Å²) in [6.45, 7) is 7.78. The number of benzene rings is 1. The molecule has 1 nitrogen and oxygen atoms in total. The van der Waals surface area contributed by atoms with Crippen LogP contribution in [0.15, 0.2) is 24.3 Å². The first-order chi connectivity index (χ1) is 7.17. The molecule has 0 spiro atoms. The number of hydrogen-bond acceptors (Lipinski definition) is 1. The smallest absolute Gasteiger partial charge is 0.0130 e. The van der Waals surface area contributed by atoms with E-state index in [2.05, 4.69) is 57.0 Å². The van der Waals surface area contributed by atoms with Crippen LogP contribution < -0.4 is 0 Å². The second-order valence-electron chi connectivity index (χ2n) is 4.33. The third-order valence-electron chi connectivity index (χ3n) is 3.15. The van der Waals surface area contributed by atoms with Gasteiger partial charge < -0.3 is 4.90 Å². The fraction of sp³-hybridized carbons (Fsp3) is 0.571. The van der Waals surface area contributed by atoms with Gasteiger partial charge in [-0.2, -0.15) is 0 Å². The molecule has 1 atom stereocenters. The molecule has 84 valence electrons. The molecule has 0 fully saturated rings. The molecule has 0 saturated carbocycles. The Morgan fingerprint density at radius 1 is 1.27 bits per heavy atom. The molecule has 1 aromatic carbocycles. The predicted molar refractivity (Wildman–Crippen MR) is 67.3 cm³/mol. The van der Waals surface area contributed by atoms with Crippen LogP contribution in [0, 0.1) is 6.92 Å². The Morgan fingerprint density at radius 3 is 2.53 bits per heavy atom. The average Bonchev–Trinajstić information content (AvgIpc) is 2.25. The van der Waals surface area contributed by atoms with Gasteiger partial charge in [0.15, 0.2) is 0 Å². The maximum Gasteiger partial charge on any atom is 0.0130 e. The second-order valence-corrected chi connectivity index (χ2v) is 4.33. The van der Waals surface area contributed by atoms with Crippen LogP contribution in [0.5, 0.6) is 0 Å². The lowest BCUT2D eigenvalue weighted by atomic mass is 10.0. The van der Waals surface area contributed by atoms with Gasteiger partial charge in [0.25, 0.3) is 0 Å². The molecule has 1 aromatic rings. The first-order valence-corrected chi connectivity index (χ1v) is 5.93. The van der Waals surface area contributed by atoms with Gasteiger partial charge >= 0.3 is 0 Å². The van der Waals surface area contributed by atoms with Crippen molar-refractivity contribution in [3.8, 4) is 0 Å². The van der Waals surface area contributed by atoms with Crippen molar-refractivity contribution in [1.29, 1.82) is 0 Å². The van der Waals surface area contributed by atoms with Crippen LogP contribution in [-0.2, 0) is 6.42 Å². The summed E-state index contributed by atoms with van der Waals surface area (Å²) in [6.07, 6.45) is 2.39. The summed E-state index contributed by atoms with van der Waals surface area (Å²) in [5.41, 5.74) is 2.82. The molecule has 0 heterocycles. The van der Waals surface area contributed by atoms with Crippen LogP contribution in [-0.4, -0.2) is 24.5 Å². The lowest BCUT2D eigenvalue weighted by Crippen LogP contribution is -2.32. The average molecular weight is 205 g/mol. The Hall–Kier alpha value is -0.820. The third kappa shape index (κ3) is 3.67. The zero-order valence-electron chi connectivity index (χ0n) is 10.5. The van der Waals surface area contributed by atoms with E-state index in [1.807, 2.05) is 0 Å². The van der Waals surface area contributed by atoms with E-state index in [0.29, 0.717) is 6.04 Å². The number of aryl methyl sites for hydroxylation is 1. The monoisotopic (exact) mass is 205 g/mol. The summed E-state index contributed by atoms with van der Waals surface area (Å²) >= 11 is 0. The number of nitrogens with zero attached hydrogens (tertiary/aromatic N) is 1. The quantitative estimate of drug-likeness (QED) is 0.713. The van der Waals surface area contributed by atoms with Gasteiger partial charge in [-0.1, -0.05) is 43.7 Å². The maximum absolute atomic E-state index is 2.43. The van der Waals surface area contributed by atoms with E-state index in [4.69, 9.17) is 0 Å². The molecule has 1 rings (SSSR count). The SMILES string of the molecule is CCC(Cc1cccc(C)c1)N(C)CC.